The Bertz CT molecular complexity index is 376. The molecule has 2 amide bonds. The zero-order chi connectivity index (χ0) is 15.4. The summed E-state index contributed by atoms with van der Waals surface area (Å²) in [4.78, 5) is 25.7. The first-order chi connectivity index (χ1) is 9.99. The molecule has 3 atom stereocenters. The summed E-state index contributed by atoms with van der Waals surface area (Å²) in [7, 11) is 0. The lowest BCUT2D eigenvalue weighted by Gasteiger charge is -2.32. The van der Waals surface area contributed by atoms with Gasteiger partial charge in [-0.1, -0.05) is 6.92 Å². The molecule has 0 spiro atoms. The van der Waals surface area contributed by atoms with Crippen molar-refractivity contribution in [1.29, 1.82) is 0 Å². The monoisotopic (exact) mass is 296 g/mol. The van der Waals surface area contributed by atoms with Gasteiger partial charge < -0.3 is 15.0 Å². The van der Waals surface area contributed by atoms with Gasteiger partial charge in [-0.25, -0.2) is 0 Å². The molecule has 2 heterocycles. The van der Waals surface area contributed by atoms with E-state index >= 15 is 0 Å². The number of hydrogen-bond donors (Lipinski definition) is 1. The van der Waals surface area contributed by atoms with Crippen LogP contribution in [0.15, 0.2) is 0 Å². The quantitative estimate of drug-likeness (QED) is 0.856. The van der Waals surface area contributed by atoms with Gasteiger partial charge in [0.1, 0.15) is 0 Å². The standard InChI is InChI=1S/C16H28N2O3/c1-4-15(19)18-6-5-14(10-18)16(20)17-9-13-7-11(2)21-12(3)8-13/h11-14H,4-10H2,1-3H3,(H,17,20). The highest BCUT2D eigenvalue weighted by atomic mass is 16.5. The fourth-order valence-corrected chi connectivity index (χ4v) is 3.52. The van der Waals surface area contributed by atoms with Crippen LogP contribution in [0.25, 0.3) is 0 Å². The maximum atomic E-state index is 12.2. The SMILES string of the molecule is CCC(=O)N1CCC(C(=O)NCC2CC(C)OC(C)C2)C1. The molecule has 2 fully saturated rings. The Morgan fingerprint density at radius 1 is 1.24 bits per heavy atom. The van der Waals surface area contributed by atoms with E-state index in [1.165, 1.54) is 0 Å². The molecule has 0 aromatic rings. The van der Waals surface area contributed by atoms with E-state index < -0.39 is 0 Å². The van der Waals surface area contributed by atoms with Gasteiger partial charge in [-0.2, -0.15) is 0 Å². The number of rotatable bonds is 4. The average molecular weight is 296 g/mol. The van der Waals surface area contributed by atoms with Crippen molar-refractivity contribution >= 4 is 11.8 Å². The first kappa shape index (κ1) is 16.3. The number of ether oxygens (including phenoxy) is 1. The summed E-state index contributed by atoms with van der Waals surface area (Å²) in [6.45, 7) is 8.08. The second-order valence-electron chi connectivity index (χ2n) is 6.52. The van der Waals surface area contributed by atoms with Crippen LogP contribution in [-0.2, 0) is 14.3 Å². The maximum Gasteiger partial charge on any atom is 0.224 e. The van der Waals surface area contributed by atoms with Crippen LogP contribution in [0, 0.1) is 11.8 Å². The van der Waals surface area contributed by atoms with Gasteiger partial charge in [-0.05, 0) is 39.0 Å². The molecule has 0 bridgehead atoms. The molecule has 120 valence electrons. The first-order valence-electron chi connectivity index (χ1n) is 8.20. The van der Waals surface area contributed by atoms with Crippen LogP contribution >= 0.6 is 0 Å². The molecule has 21 heavy (non-hydrogen) atoms. The smallest absolute Gasteiger partial charge is 0.224 e. The lowest BCUT2D eigenvalue weighted by Crippen LogP contribution is -2.40. The second kappa shape index (κ2) is 7.25. The molecule has 0 aromatic carbocycles. The van der Waals surface area contributed by atoms with E-state index in [0.29, 0.717) is 18.9 Å². The Labute approximate surface area is 127 Å². The summed E-state index contributed by atoms with van der Waals surface area (Å²) in [5.74, 6) is 0.725. The first-order valence-corrected chi connectivity index (χ1v) is 8.20. The lowest BCUT2D eigenvalue weighted by atomic mass is 9.92. The zero-order valence-corrected chi connectivity index (χ0v) is 13.4. The van der Waals surface area contributed by atoms with Crippen LogP contribution in [0.4, 0.5) is 0 Å². The molecule has 1 N–H and O–H groups in total. The van der Waals surface area contributed by atoms with Crippen molar-refractivity contribution in [2.45, 2.75) is 58.7 Å². The van der Waals surface area contributed by atoms with E-state index in [2.05, 4.69) is 19.2 Å². The van der Waals surface area contributed by atoms with E-state index in [4.69, 9.17) is 4.74 Å². The summed E-state index contributed by atoms with van der Waals surface area (Å²) < 4.78 is 5.72. The molecule has 5 heteroatoms. The summed E-state index contributed by atoms with van der Waals surface area (Å²) in [6, 6.07) is 0. The predicted molar refractivity (Wildman–Crippen MR) is 80.7 cm³/mol. The molecular formula is C16H28N2O3. The number of likely N-dealkylation sites (tertiary alicyclic amines) is 1. The van der Waals surface area contributed by atoms with Crippen molar-refractivity contribution in [3.05, 3.63) is 0 Å². The van der Waals surface area contributed by atoms with Crippen LogP contribution in [0.1, 0.15) is 46.5 Å². The second-order valence-corrected chi connectivity index (χ2v) is 6.52. The van der Waals surface area contributed by atoms with Gasteiger partial charge >= 0.3 is 0 Å². The third-order valence-electron chi connectivity index (χ3n) is 4.57. The van der Waals surface area contributed by atoms with Gasteiger partial charge in [0.05, 0.1) is 18.1 Å². The van der Waals surface area contributed by atoms with Gasteiger partial charge in [0.15, 0.2) is 0 Å². The van der Waals surface area contributed by atoms with Gasteiger partial charge in [0.2, 0.25) is 11.8 Å². The fourth-order valence-electron chi connectivity index (χ4n) is 3.52. The van der Waals surface area contributed by atoms with Crippen LogP contribution in [0.2, 0.25) is 0 Å². The summed E-state index contributed by atoms with van der Waals surface area (Å²) in [5, 5.41) is 3.08. The van der Waals surface area contributed by atoms with Crippen molar-refractivity contribution in [1.82, 2.24) is 10.2 Å². The summed E-state index contributed by atoms with van der Waals surface area (Å²) >= 11 is 0. The van der Waals surface area contributed by atoms with Gasteiger partial charge in [-0.3, -0.25) is 9.59 Å². The van der Waals surface area contributed by atoms with Crippen molar-refractivity contribution in [3.63, 3.8) is 0 Å². The van der Waals surface area contributed by atoms with Gasteiger partial charge in [0, 0.05) is 26.1 Å². The van der Waals surface area contributed by atoms with E-state index in [-0.39, 0.29) is 29.9 Å². The molecule has 0 radical (unpaired) electrons. The average Bonchev–Trinajstić information content (AvgIpc) is 2.92. The Morgan fingerprint density at radius 3 is 2.52 bits per heavy atom. The maximum absolute atomic E-state index is 12.2. The number of nitrogens with one attached hydrogen (secondary N) is 1. The fraction of sp³-hybridized carbons (Fsp3) is 0.875. The van der Waals surface area contributed by atoms with E-state index in [1.54, 1.807) is 0 Å². The number of nitrogens with zero attached hydrogens (tertiary/aromatic N) is 1. The van der Waals surface area contributed by atoms with Crippen LogP contribution in [0.5, 0.6) is 0 Å². The molecule has 2 aliphatic heterocycles. The number of carbonyl (C=O) groups excluding carboxylic acids is 2. The molecule has 2 saturated heterocycles. The van der Waals surface area contributed by atoms with E-state index in [1.807, 2.05) is 11.8 Å². The highest BCUT2D eigenvalue weighted by molar-refractivity contribution is 5.82. The topological polar surface area (TPSA) is 58.6 Å². The van der Waals surface area contributed by atoms with Crippen molar-refractivity contribution < 1.29 is 14.3 Å². The number of carbonyl (C=O) groups is 2. The van der Waals surface area contributed by atoms with Crippen LogP contribution in [0.3, 0.4) is 0 Å². The minimum atomic E-state index is -0.0322. The van der Waals surface area contributed by atoms with Crippen molar-refractivity contribution in [2.75, 3.05) is 19.6 Å². The molecule has 2 aliphatic rings. The van der Waals surface area contributed by atoms with Crippen LogP contribution in [-0.4, -0.2) is 48.6 Å². The van der Waals surface area contributed by atoms with Crippen molar-refractivity contribution in [2.24, 2.45) is 11.8 Å². The normalized spacial score (nSPS) is 33.0. The van der Waals surface area contributed by atoms with Gasteiger partial charge in [-0.15, -0.1) is 0 Å². The molecule has 3 unspecified atom stereocenters. The molecule has 5 nitrogen and oxygen atoms in total. The molecule has 0 aliphatic carbocycles. The zero-order valence-electron chi connectivity index (χ0n) is 13.4. The molecule has 0 aromatic heterocycles. The summed E-state index contributed by atoms with van der Waals surface area (Å²) in [5.41, 5.74) is 0. The van der Waals surface area contributed by atoms with E-state index in [0.717, 1.165) is 32.4 Å². The van der Waals surface area contributed by atoms with Gasteiger partial charge in [0.25, 0.3) is 0 Å². The third kappa shape index (κ3) is 4.43. The number of hydrogen-bond acceptors (Lipinski definition) is 3. The molecule has 0 saturated carbocycles. The largest absolute Gasteiger partial charge is 0.376 e. The van der Waals surface area contributed by atoms with Crippen LogP contribution < -0.4 is 5.32 Å². The minimum Gasteiger partial charge on any atom is -0.376 e. The Balaban J connectivity index is 1.74. The highest BCUT2D eigenvalue weighted by Gasteiger charge is 2.31. The molecular weight excluding hydrogens is 268 g/mol. The highest BCUT2D eigenvalue weighted by Crippen LogP contribution is 2.24. The molecule has 2 rings (SSSR count). The number of amides is 2. The summed E-state index contributed by atoms with van der Waals surface area (Å²) in [6.07, 6.45) is 3.88. The third-order valence-corrected chi connectivity index (χ3v) is 4.57. The Kier molecular flexibility index (Phi) is 5.62. The predicted octanol–water partition coefficient (Wildman–Crippen LogP) is 1.56. The lowest BCUT2D eigenvalue weighted by molar-refractivity contribution is -0.130. The minimum absolute atomic E-state index is 0.0322. The Morgan fingerprint density at radius 2 is 1.90 bits per heavy atom. The Hall–Kier alpha value is -1.10. The van der Waals surface area contributed by atoms with Crippen molar-refractivity contribution in [3.8, 4) is 0 Å². The van der Waals surface area contributed by atoms with E-state index in [9.17, 15) is 9.59 Å².